The number of methoxy groups -OCH3 is 1. The predicted octanol–water partition coefficient (Wildman–Crippen LogP) is 5.71. The van der Waals surface area contributed by atoms with E-state index in [4.69, 9.17) is 39.5 Å². The van der Waals surface area contributed by atoms with Crippen molar-refractivity contribution in [3.8, 4) is 0 Å². The monoisotopic (exact) mass is 538 g/mol. The van der Waals surface area contributed by atoms with Crippen LogP contribution in [-0.4, -0.2) is 28.9 Å². The average molecular weight is 541 g/mol. The number of carbonyl (C=O) groups excluding carboxylic acids is 2. The number of fused-ring (bicyclic) bond motifs is 1. The fourth-order valence-electron chi connectivity index (χ4n) is 3.17. The first-order valence-corrected chi connectivity index (χ1v) is 11.6. The first-order valence-electron chi connectivity index (χ1n) is 8.84. The van der Waals surface area contributed by atoms with Crippen LogP contribution in [0.15, 0.2) is 28.7 Å². The van der Waals surface area contributed by atoms with E-state index in [9.17, 15) is 9.59 Å². The Hall–Kier alpha value is -0.990. The van der Waals surface area contributed by atoms with Gasteiger partial charge in [0.15, 0.2) is 0 Å². The van der Waals surface area contributed by atoms with Gasteiger partial charge in [0.2, 0.25) is 3.79 Å². The molecular formula is C19H18BrCl3N2O3S. The number of aryl methyl sites for hydroxylation is 1. The number of ether oxygens (including phenoxy) is 1. The molecule has 0 fully saturated rings. The second-order valence-electron chi connectivity index (χ2n) is 6.48. The van der Waals surface area contributed by atoms with Gasteiger partial charge in [0.1, 0.15) is 11.2 Å². The van der Waals surface area contributed by atoms with Crippen LogP contribution in [0.5, 0.6) is 0 Å². The van der Waals surface area contributed by atoms with Crippen molar-refractivity contribution in [1.29, 1.82) is 0 Å². The maximum atomic E-state index is 12.7. The van der Waals surface area contributed by atoms with Gasteiger partial charge in [-0.2, -0.15) is 0 Å². The molecule has 1 atom stereocenters. The summed E-state index contributed by atoms with van der Waals surface area (Å²) in [5.74, 6) is -0.880. The van der Waals surface area contributed by atoms with Crippen LogP contribution in [-0.2, 0) is 17.6 Å². The second kappa shape index (κ2) is 9.43. The summed E-state index contributed by atoms with van der Waals surface area (Å²) in [5.41, 5.74) is 1.81. The summed E-state index contributed by atoms with van der Waals surface area (Å²) in [6.45, 7) is 0. The van der Waals surface area contributed by atoms with Crippen LogP contribution in [0.2, 0.25) is 0 Å². The lowest BCUT2D eigenvalue weighted by atomic mass is 9.95. The predicted molar refractivity (Wildman–Crippen MR) is 122 cm³/mol. The zero-order chi connectivity index (χ0) is 21.2. The summed E-state index contributed by atoms with van der Waals surface area (Å²) in [7, 11) is 1.33. The molecule has 5 nitrogen and oxygen atoms in total. The first kappa shape index (κ1) is 22.7. The van der Waals surface area contributed by atoms with Gasteiger partial charge in [-0.15, -0.1) is 11.3 Å². The van der Waals surface area contributed by atoms with Crippen LogP contribution < -0.4 is 10.6 Å². The molecule has 1 amide bonds. The lowest BCUT2D eigenvalue weighted by Gasteiger charge is -2.27. The molecule has 0 bridgehead atoms. The molecule has 2 aromatic rings. The number of anilines is 1. The molecule has 29 heavy (non-hydrogen) atoms. The fraction of sp³-hybridized carbons (Fsp3) is 0.368. The van der Waals surface area contributed by atoms with E-state index in [0.29, 0.717) is 20.6 Å². The van der Waals surface area contributed by atoms with Gasteiger partial charge in [0.05, 0.1) is 18.2 Å². The zero-order valence-corrected chi connectivity index (χ0v) is 20.0. The van der Waals surface area contributed by atoms with Gasteiger partial charge in [-0.1, -0.05) is 46.9 Å². The number of esters is 1. The minimum Gasteiger partial charge on any atom is -0.465 e. The van der Waals surface area contributed by atoms with Crippen molar-refractivity contribution in [3.05, 3.63) is 50.3 Å². The van der Waals surface area contributed by atoms with Gasteiger partial charge in [-0.3, -0.25) is 4.79 Å². The number of amides is 1. The highest BCUT2D eigenvalue weighted by molar-refractivity contribution is 9.10. The molecule has 1 aliphatic carbocycles. The van der Waals surface area contributed by atoms with Crippen LogP contribution in [0, 0.1) is 0 Å². The highest BCUT2D eigenvalue weighted by atomic mass is 79.9. The SMILES string of the molecule is COC(=O)c1c(N[C@H](NC(=O)c2ccccc2Br)C(Cl)(Cl)Cl)sc2c1CCCC2. The Labute approximate surface area is 196 Å². The van der Waals surface area contributed by atoms with Gasteiger partial charge < -0.3 is 15.4 Å². The summed E-state index contributed by atoms with van der Waals surface area (Å²) in [4.78, 5) is 26.3. The number of thiophene rings is 1. The number of rotatable bonds is 5. The highest BCUT2D eigenvalue weighted by Gasteiger charge is 2.37. The third-order valence-electron chi connectivity index (χ3n) is 4.56. The zero-order valence-electron chi connectivity index (χ0n) is 15.4. The van der Waals surface area contributed by atoms with Crippen molar-refractivity contribution in [2.75, 3.05) is 12.4 Å². The Morgan fingerprint density at radius 2 is 1.90 bits per heavy atom. The van der Waals surface area contributed by atoms with E-state index in [1.54, 1.807) is 24.3 Å². The van der Waals surface area contributed by atoms with E-state index >= 15 is 0 Å². The third-order valence-corrected chi connectivity index (χ3v) is 7.13. The van der Waals surface area contributed by atoms with Crippen molar-refractivity contribution in [2.45, 2.75) is 35.6 Å². The summed E-state index contributed by atoms with van der Waals surface area (Å²) in [6.07, 6.45) is 2.66. The highest BCUT2D eigenvalue weighted by Crippen LogP contribution is 2.40. The molecule has 1 heterocycles. The first-order chi connectivity index (χ1) is 13.7. The van der Waals surface area contributed by atoms with Gasteiger partial charge in [0.25, 0.3) is 5.91 Å². The molecular weight excluding hydrogens is 523 g/mol. The summed E-state index contributed by atoms with van der Waals surface area (Å²) in [6, 6.07) is 6.93. The average Bonchev–Trinajstić information content (AvgIpc) is 3.04. The third kappa shape index (κ3) is 5.20. The molecule has 0 aliphatic heterocycles. The van der Waals surface area contributed by atoms with E-state index in [0.717, 1.165) is 36.1 Å². The van der Waals surface area contributed by atoms with Crippen LogP contribution in [0.4, 0.5) is 5.00 Å². The molecule has 2 N–H and O–H groups in total. The molecule has 1 aliphatic rings. The Morgan fingerprint density at radius 1 is 1.21 bits per heavy atom. The number of benzene rings is 1. The molecule has 1 aromatic carbocycles. The Balaban J connectivity index is 1.92. The van der Waals surface area contributed by atoms with Gasteiger partial charge >= 0.3 is 5.97 Å². The second-order valence-corrected chi connectivity index (χ2v) is 10.8. The van der Waals surface area contributed by atoms with E-state index in [1.165, 1.54) is 18.4 Å². The normalized spacial score (nSPS) is 14.7. The standard InChI is InChI=1S/C19H18BrCl3N2O3S/c1-28-17(27)14-11-7-3-5-9-13(11)29-16(14)25-18(19(21,22)23)24-15(26)10-6-2-4-8-12(10)20/h2,4,6,8,18,25H,3,5,7,9H2,1H3,(H,24,26)/t18-/m0/s1. The molecule has 0 spiro atoms. The van der Waals surface area contributed by atoms with Crippen LogP contribution in [0.1, 0.15) is 44.0 Å². The molecule has 0 unspecified atom stereocenters. The van der Waals surface area contributed by atoms with Crippen LogP contribution >= 0.6 is 62.1 Å². The lowest BCUT2D eigenvalue weighted by molar-refractivity contribution is 0.0600. The number of hydrogen-bond acceptors (Lipinski definition) is 5. The summed E-state index contributed by atoms with van der Waals surface area (Å²) >= 11 is 23.2. The molecule has 0 saturated carbocycles. The van der Waals surface area contributed by atoms with Crippen molar-refractivity contribution in [2.24, 2.45) is 0 Å². The minimum atomic E-state index is -1.87. The van der Waals surface area contributed by atoms with Gasteiger partial charge in [-0.05, 0) is 59.3 Å². The molecule has 156 valence electrons. The number of nitrogens with one attached hydrogen (secondary N) is 2. The van der Waals surface area contributed by atoms with E-state index in [1.807, 2.05) is 0 Å². The lowest BCUT2D eigenvalue weighted by Crippen LogP contribution is -2.49. The molecule has 0 radical (unpaired) electrons. The minimum absolute atomic E-state index is 0.396. The summed E-state index contributed by atoms with van der Waals surface area (Å²) in [5, 5.41) is 6.28. The number of carbonyl (C=O) groups is 2. The molecule has 10 heteroatoms. The maximum absolute atomic E-state index is 12.7. The van der Waals surface area contributed by atoms with E-state index < -0.39 is 21.8 Å². The topological polar surface area (TPSA) is 67.4 Å². The quantitative estimate of drug-likeness (QED) is 0.290. The summed E-state index contributed by atoms with van der Waals surface area (Å²) < 4.78 is 3.72. The van der Waals surface area contributed by atoms with E-state index in [2.05, 4.69) is 26.6 Å². The number of hydrogen-bond donors (Lipinski definition) is 2. The fourth-order valence-corrected chi connectivity index (χ4v) is 5.27. The van der Waals surface area contributed by atoms with Crippen LogP contribution in [0.3, 0.4) is 0 Å². The Morgan fingerprint density at radius 3 is 2.55 bits per heavy atom. The Kier molecular flexibility index (Phi) is 7.38. The van der Waals surface area contributed by atoms with Crippen molar-refractivity contribution in [1.82, 2.24) is 5.32 Å². The van der Waals surface area contributed by atoms with E-state index in [-0.39, 0.29) is 0 Å². The van der Waals surface area contributed by atoms with Crippen molar-refractivity contribution >= 4 is 78.9 Å². The Bertz CT molecular complexity index is 930. The number of alkyl halides is 3. The molecule has 1 aromatic heterocycles. The largest absolute Gasteiger partial charge is 0.465 e. The molecule has 0 saturated heterocycles. The maximum Gasteiger partial charge on any atom is 0.341 e. The van der Waals surface area contributed by atoms with Crippen molar-refractivity contribution in [3.63, 3.8) is 0 Å². The molecule has 3 rings (SSSR count). The smallest absolute Gasteiger partial charge is 0.341 e. The van der Waals surface area contributed by atoms with Gasteiger partial charge in [-0.25, -0.2) is 4.79 Å². The van der Waals surface area contributed by atoms with Crippen molar-refractivity contribution < 1.29 is 14.3 Å². The number of halogens is 4. The van der Waals surface area contributed by atoms with Gasteiger partial charge in [0, 0.05) is 9.35 Å². The van der Waals surface area contributed by atoms with Crippen LogP contribution in [0.25, 0.3) is 0 Å².